The smallest absolute Gasteiger partial charge is 0.251 e. The standard InChI is InChI=1S/C34H46N4O5/c1-2-18-38-32(42)29(30(40)27-6-4-3-5-7-27)36-33(43)34(38)16-19-37(20-17-34)22-25-12-14-28(15-13-25)31(41)35-21-24-8-10-26(23-39)11-9-24/h8-15,27,29-30,39-40H,2-7,16-23H2,1H3,(H,35,41)(H,36,43)/t29-,30-/m1/s1. The van der Waals surface area contributed by atoms with Crippen LogP contribution in [0.1, 0.15) is 85.3 Å². The van der Waals surface area contributed by atoms with Crippen LogP contribution in [0.25, 0.3) is 0 Å². The maximum absolute atomic E-state index is 13.7. The molecule has 3 aliphatic rings. The maximum Gasteiger partial charge on any atom is 0.251 e. The summed E-state index contributed by atoms with van der Waals surface area (Å²) in [7, 11) is 0. The molecule has 2 aliphatic heterocycles. The number of piperazine rings is 1. The third-order valence-corrected chi connectivity index (χ3v) is 9.64. The minimum atomic E-state index is -0.868. The van der Waals surface area contributed by atoms with Crippen molar-refractivity contribution in [2.45, 2.75) is 95.7 Å². The van der Waals surface area contributed by atoms with E-state index in [1.807, 2.05) is 55.5 Å². The molecule has 0 bridgehead atoms. The molecule has 2 heterocycles. The van der Waals surface area contributed by atoms with Crippen molar-refractivity contribution in [1.82, 2.24) is 20.4 Å². The molecule has 9 nitrogen and oxygen atoms in total. The minimum absolute atomic E-state index is 0.00459. The fourth-order valence-corrected chi connectivity index (χ4v) is 7.01. The Labute approximate surface area is 254 Å². The molecule has 232 valence electrons. The first-order valence-corrected chi connectivity index (χ1v) is 15.9. The average Bonchev–Trinajstić information content (AvgIpc) is 3.05. The number of nitrogens with zero attached hydrogens (tertiary/aromatic N) is 2. The molecule has 4 N–H and O–H groups in total. The fraction of sp³-hybridized carbons (Fsp3) is 0.559. The van der Waals surface area contributed by atoms with Gasteiger partial charge < -0.3 is 25.7 Å². The first-order chi connectivity index (χ1) is 20.8. The lowest BCUT2D eigenvalue weighted by atomic mass is 9.78. The second kappa shape index (κ2) is 14.0. The molecule has 3 amide bonds. The van der Waals surface area contributed by atoms with Gasteiger partial charge >= 0.3 is 0 Å². The van der Waals surface area contributed by atoms with Gasteiger partial charge in [0, 0.05) is 38.3 Å². The molecule has 2 aromatic rings. The highest BCUT2D eigenvalue weighted by molar-refractivity contribution is 6.00. The third-order valence-electron chi connectivity index (χ3n) is 9.64. The fourth-order valence-electron chi connectivity index (χ4n) is 7.01. The Bertz CT molecular complexity index is 1250. The molecule has 1 spiro atoms. The van der Waals surface area contributed by atoms with Crippen LogP contribution in [0.5, 0.6) is 0 Å². The number of carbonyl (C=O) groups excluding carboxylic acids is 3. The molecule has 2 aromatic carbocycles. The Kier molecular flexibility index (Phi) is 10.2. The molecule has 0 unspecified atom stereocenters. The van der Waals surface area contributed by atoms with Gasteiger partial charge in [-0.05, 0) is 66.8 Å². The van der Waals surface area contributed by atoms with Crippen molar-refractivity contribution >= 4 is 17.7 Å². The molecule has 3 fully saturated rings. The second-order valence-corrected chi connectivity index (χ2v) is 12.5. The van der Waals surface area contributed by atoms with Gasteiger partial charge in [0.05, 0.1) is 12.7 Å². The average molecular weight is 591 g/mol. The number of benzene rings is 2. The van der Waals surface area contributed by atoms with Crippen LogP contribution in [0.3, 0.4) is 0 Å². The number of piperidine rings is 1. The summed E-state index contributed by atoms with van der Waals surface area (Å²) in [5, 5.41) is 26.2. The van der Waals surface area contributed by atoms with Crippen molar-refractivity contribution in [3.05, 3.63) is 70.8 Å². The van der Waals surface area contributed by atoms with Gasteiger partial charge in [-0.15, -0.1) is 0 Å². The van der Waals surface area contributed by atoms with Crippen LogP contribution in [-0.4, -0.2) is 75.1 Å². The number of rotatable bonds is 10. The van der Waals surface area contributed by atoms with Crippen LogP contribution in [0.15, 0.2) is 48.5 Å². The van der Waals surface area contributed by atoms with E-state index in [0.717, 1.165) is 55.2 Å². The Morgan fingerprint density at radius 1 is 0.977 bits per heavy atom. The van der Waals surface area contributed by atoms with E-state index in [0.29, 0.717) is 51.1 Å². The summed E-state index contributed by atoms with van der Waals surface area (Å²) in [6, 6.07) is 14.2. The summed E-state index contributed by atoms with van der Waals surface area (Å²) < 4.78 is 0. The molecule has 2 saturated heterocycles. The van der Waals surface area contributed by atoms with Gasteiger partial charge in [0.2, 0.25) is 11.8 Å². The predicted octanol–water partition coefficient (Wildman–Crippen LogP) is 3.12. The Morgan fingerprint density at radius 3 is 2.23 bits per heavy atom. The summed E-state index contributed by atoms with van der Waals surface area (Å²) in [5.74, 6) is -0.345. The number of hydrogen-bond donors (Lipinski definition) is 4. The summed E-state index contributed by atoms with van der Waals surface area (Å²) in [4.78, 5) is 44.1. The molecule has 43 heavy (non-hydrogen) atoms. The van der Waals surface area contributed by atoms with Crippen molar-refractivity contribution < 1.29 is 24.6 Å². The van der Waals surface area contributed by atoms with E-state index in [1.165, 1.54) is 0 Å². The Balaban J connectivity index is 1.16. The highest BCUT2D eigenvalue weighted by Gasteiger charge is 2.55. The van der Waals surface area contributed by atoms with E-state index < -0.39 is 17.7 Å². The number of aliphatic hydroxyl groups excluding tert-OH is 2. The normalized spacial score (nSPS) is 21.9. The topological polar surface area (TPSA) is 122 Å². The number of hydrogen-bond acceptors (Lipinski definition) is 6. The second-order valence-electron chi connectivity index (χ2n) is 12.5. The van der Waals surface area contributed by atoms with Gasteiger partial charge in [0.15, 0.2) is 0 Å². The van der Waals surface area contributed by atoms with Gasteiger partial charge in [0.1, 0.15) is 11.6 Å². The highest BCUT2D eigenvalue weighted by atomic mass is 16.3. The van der Waals surface area contributed by atoms with Gasteiger partial charge in [0.25, 0.3) is 5.91 Å². The number of likely N-dealkylation sites (tertiary alicyclic amines) is 1. The van der Waals surface area contributed by atoms with E-state index >= 15 is 0 Å². The van der Waals surface area contributed by atoms with Crippen molar-refractivity contribution in [3.8, 4) is 0 Å². The quantitative estimate of drug-likeness (QED) is 0.337. The molecular weight excluding hydrogens is 544 g/mol. The Morgan fingerprint density at radius 2 is 1.60 bits per heavy atom. The lowest BCUT2D eigenvalue weighted by molar-refractivity contribution is -0.165. The predicted molar refractivity (Wildman–Crippen MR) is 164 cm³/mol. The molecule has 0 aromatic heterocycles. The monoisotopic (exact) mass is 590 g/mol. The molecule has 1 aliphatic carbocycles. The summed E-state index contributed by atoms with van der Waals surface area (Å²) in [6.45, 7) is 4.98. The maximum atomic E-state index is 13.7. The van der Waals surface area contributed by atoms with E-state index in [-0.39, 0.29) is 30.2 Å². The van der Waals surface area contributed by atoms with Crippen LogP contribution >= 0.6 is 0 Å². The molecule has 9 heteroatoms. The van der Waals surface area contributed by atoms with Crippen molar-refractivity contribution in [1.29, 1.82) is 0 Å². The van der Waals surface area contributed by atoms with Crippen LogP contribution < -0.4 is 10.6 Å². The zero-order valence-electron chi connectivity index (χ0n) is 25.3. The zero-order valence-corrected chi connectivity index (χ0v) is 25.3. The number of carbonyl (C=O) groups is 3. The van der Waals surface area contributed by atoms with Gasteiger partial charge in [-0.1, -0.05) is 62.6 Å². The van der Waals surface area contributed by atoms with Crippen LogP contribution in [0.4, 0.5) is 0 Å². The van der Waals surface area contributed by atoms with Crippen molar-refractivity contribution in [2.75, 3.05) is 19.6 Å². The van der Waals surface area contributed by atoms with Gasteiger partial charge in [-0.3, -0.25) is 19.3 Å². The third kappa shape index (κ3) is 6.95. The lowest BCUT2D eigenvalue weighted by Gasteiger charge is -2.52. The molecule has 5 rings (SSSR count). The number of aliphatic hydroxyl groups is 2. The summed E-state index contributed by atoms with van der Waals surface area (Å²) in [5.41, 5.74) is 2.60. The molecule has 2 atom stereocenters. The molecule has 1 saturated carbocycles. The van der Waals surface area contributed by atoms with Gasteiger partial charge in [-0.25, -0.2) is 0 Å². The minimum Gasteiger partial charge on any atom is -0.392 e. The first kappa shape index (κ1) is 31.2. The van der Waals surface area contributed by atoms with E-state index in [2.05, 4.69) is 15.5 Å². The lowest BCUT2D eigenvalue weighted by Crippen LogP contribution is -2.75. The SMILES string of the molecule is CCCN1C(=O)[C@@H]([C@H](O)C2CCCCC2)NC(=O)C12CCN(Cc1ccc(C(=O)NCc3ccc(CO)cc3)cc1)CC2. The van der Waals surface area contributed by atoms with Crippen LogP contribution in [0, 0.1) is 5.92 Å². The highest BCUT2D eigenvalue weighted by Crippen LogP contribution is 2.36. The first-order valence-electron chi connectivity index (χ1n) is 15.9. The number of amides is 3. The molecule has 0 radical (unpaired) electrons. The number of nitrogens with one attached hydrogen (secondary N) is 2. The van der Waals surface area contributed by atoms with Crippen LogP contribution in [0.2, 0.25) is 0 Å². The van der Waals surface area contributed by atoms with E-state index in [1.54, 1.807) is 4.90 Å². The van der Waals surface area contributed by atoms with Crippen molar-refractivity contribution in [3.63, 3.8) is 0 Å². The summed E-state index contributed by atoms with van der Waals surface area (Å²) in [6.07, 6.45) is 6.12. The largest absolute Gasteiger partial charge is 0.392 e. The van der Waals surface area contributed by atoms with E-state index in [9.17, 15) is 24.6 Å². The Hall–Kier alpha value is -3.27. The summed E-state index contributed by atoms with van der Waals surface area (Å²) >= 11 is 0. The van der Waals surface area contributed by atoms with Crippen molar-refractivity contribution in [2.24, 2.45) is 5.92 Å². The zero-order chi connectivity index (χ0) is 30.4. The van der Waals surface area contributed by atoms with Gasteiger partial charge in [-0.2, -0.15) is 0 Å². The van der Waals surface area contributed by atoms with Crippen LogP contribution in [-0.2, 0) is 29.3 Å². The molecular formula is C34H46N4O5. The van der Waals surface area contributed by atoms with E-state index in [4.69, 9.17) is 0 Å².